The fraction of sp³-hybridized carbons (Fsp3) is 0.200. The van der Waals surface area contributed by atoms with Gasteiger partial charge in [0.05, 0.1) is 6.20 Å². The predicted octanol–water partition coefficient (Wildman–Crippen LogP) is 2.37. The van der Waals surface area contributed by atoms with E-state index in [1.807, 2.05) is 30.6 Å². The minimum Gasteiger partial charge on any atom is -0.331 e. The van der Waals surface area contributed by atoms with Crippen LogP contribution in [0.5, 0.6) is 0 Å². The highest BCUT2D eigenvalue weighted by Gasteiger charge is 2.05. The minimum absolute atomic E-state index is 0.786. The van der Waals surface area contributed by atoms with Gasteiger partial charge >= 0.3 is 0 Å². The summed E-state index contributed by atoms with van der Waals surface area (Å²) in [5, 5.41) is 7.83. The lowest BCUT2D eigenvalue weighted by molar-refractivity contribution is 0.627. The maximum Gasteiger partial charge on any atom is 0.150 e. The van der Waals surface area contributed by atoms with Crippen molar-refractivity contribution < 1.29 is 0 Å². The topological polar surface area (TPSA) is 56.5 Å². The van der Waals surface area contributed by atoms with E-state index in [0.717, 1.165) is 36.6 Å². The number of imidazole rings is 1. The molecule has 3 rings (SSSR count). The van der Waals surface area contributed by atoms with Crippen LogP contribution >= 0.6 is 0 Å². The molecular weight excluding hydrogens is 250 g/mol. The molecule has 1 aromatic carbocycles. The third-order valence-electron chi connectivity index (χ3n) is 3.08. The van der Waals surface area contributed by atoms with Crippen molar-refractivity contribution in [3.63, 3.8) is 0 Å². The zero-order chi connectivity index (χ0) is 13.6. The van der Waals surface area contributed by atoms with Gasteiger partial charge in [0.15, 0.2) is 5.82 Å². The van der Waals surface area contributed by atoms with Gasteiger partial charge in [0.1, 0.15) is 5.82 Å². The van der Waals surface area contributed by atoms with Crippen LogP contribution in [0.15, 0.2) is 55.1 Å². The van der Waals surface area contributed by atoms with Gasteiger partial charge in [0, 0.05) is 37.1 Å². The van der Waals surface area contributed by atoms with Gasteiger partial charge in [-0.05, 0) is 6.42 Å². The van der Waals surface area contributed by atoms with Crippen LogP contribution in [0.4, 0.5) is 0 Å². The second-order valence-corrected chi connectivity index (χ2v) is 4.47. The van der Waals surface area contributed by atoms with Crippen molar-refractivity contribution in [2.75, 3.05) is 0 Å². The van der Waals surface area contributed by atoms with Crippen molar-refractivity contribution in [2.45, 2.75) is 19.4 Å². The van der Waals surface area contributed by atoms with E-state index in [1.165, 1.54) is 0 Å². The minimum atomic E-state index is 0.786. The first-order valence-electron chi connectivity index (χ1n) is 6.62. The Morgan fingerprint density at radius 1 is 0.950 bits per heavy atom. The number of hydrogen-bond donors (Lipinski definition) is 0. The molecule has 0 atom stereocenters. The van der Waals surface area contributed by atoms with Gasteiger partial charge in [-0.15, -0.1) is 5.10 Å². The Morgan fingerprint density at radius 3 is 2.65 bits per heavy atom. The number of hydrogen-bond acceptors (Lipinski definition) is 4. The van der Waals surface area contributed by atoms with Crippen LogP contribution in [0.2, 0.25) is 0 Å². The Morgan fingerprint density at radius 2 is 1.85 bits per heavy atom. The SMILES string of the molecule is c1ccc(-c2nccn2CCCc2nccnn2)cc1. The molecule has 0 unspecified atom stereocenters. The molecule has 0 N–H and O–H groups in total. The summed E-state index contributed by atoms with van der Waals surface area (Å²) in [6, 6.07) is 10.2. The second-order valence-electron chi connectivity index (χ2n) is 4.47. The van der Waals surface area contributed by atoms with Crippen LogP contribution in [-0.4, -0.2) is 24.7 Å². The summed E-state index contributed by atoms with van der Waals surface area (Å²) in [6.45, 7) is 0.891. The molecule has 5 heteroatoms. The van der Waals surface area contributed by atoms with E-state index in [1.54, 1.807) is 12.4 Å². The molecule has 0 bridgehead atoms. The number of benzene rings is 1. The molecule has 0 fully saturated rings. The van der Waals surface area contributed by atoms with Gasteiger partial charge in [-0.3, -0.25) is 0 Å². The summed E-state index contributed by atoms with van der Waals surface area (Å²) in [4.78, 5) is 8.61. The molecule has 3 aromatic rings. The molecule has 100 valence electrons. The standard InChI is InChI=1S/C15H15N5/c1-2-5-13(6-3-1)15-17-10-12-20(15)11-4-7-14-16-8-9-18-19-14/h1-3,5-6,8-10,12H,4,7,11H2. The van der Waals surface area contributed by atoms with E-state index in [9.17, 15) is 0 Å². The number of aromatic nitrogens is 5. The molecular formula is C15H15N5. The summed E-state index contributed by atoms with van der Waals surface area (Å²) in [5.74, 6) is 1.78. The van der Waals surface area contributed by atoms with Crippen molar-refractivity contribution in [2.24, 2.45) is 0 Å². The lowest BCUT2D eigenvalue weighted by Gasteiger charge is -2.07. The molecule has 0 amide bonds. The summed E-state index contributed by atoms with van der Waals surface area (Å²) in [7, 11) is 0. The van der Waals surface area contributed by atoms with E-state index in [0.29, 0.717) is 0 Å². The molecule has 5 nitrogen and oxygen atoms in total. The highest BCUT2D eigenvalue weighted by atomic mass is 15.1. The van der Waals surface area contributed by atoms with Crippen LogP contribution in [0.3, 0.4) is 0 Å². The van der Waals surface area contributed by atoms with Gasteiger partial charge < -0.3 is 4.57 Å². The Bertz CT molecular complexity index is 648. The first-order chi connectivity index (χ1) is 9.93. The summed E-state index contributed by atoms with van der Waals surface area (Å²) < 4.78 is 2.16. The normalized spacial score (nSPS) is 10.6. The monoisotopic (exact) mass is 265 g/mol. The van der Waals surface area contributed by atoms with Crippen LogP contribution in [-0.2, 0) is 13.0 Å². The lowest BCUT2D eigenvalue weighted by Crippen LogP contribution is -2.03. The molecule has 0 aliphatic heterocycles. The van der Waals surface area contributed by atoms with Crippen molar-refractivity contribution in [1.29, 1.82) is 0 Å². The van der Waals surface area contributed by atoms with E-state index in [-0.39, 0.29) is 0 Å². The zero-order valence-corrected chi connectivity index (χ0v) is 11.1. The Labute approximate surface area is 117 Å². The number of nitrogens with zero attached hydrogens (tertiary/aromatic N) is 5. The van der Waals surface area contributed by atoms with Gasteiger partial charge in [-0.1, -0.05) is 30.3 Å². The van der Waals surface area contributed by atoms with Crippen LogP contribution in [0, 0.1) is 0 Å². The van der Waals surface area contributed by atoms with E-state index < -0.39 is 0 Å². The van der Waals surface area contributed by atoms with Crippen molar-refractivity contribution in [1.82, 2.24) is 24.7 Å². The van der Waals surface area contributed by atoms with Gasteiger partial charge in [0.2, 0.25) is 0 Å². The average molecular weight is 265 g/mol. The smallest absolute Gasteiger partial charge is 0.150 e. The van der Waals surface area contributed by atoms with Crippen LogP contribution in [0.1, 0.15) is 12.2 Å². The first-order valence-corrected chi connectivity index (χ1v) is 6.62. The molecule has 0 aliphatic rings. The highest BCUT2D eigenvalue weighted by molar-refractivity contribution is 5.54. The highest BCUT2D eigenvalue weighted by Crippen LogP contribution is 2.17. The third-order valence-corrected chi connectivity index (χ3v) is 3.08. The molecule has 0 spiro atoms. The third kappa shape index (κ3) is 2.88. The van der Waals surface area contributed by atoms with E-state index >= 15 is 0 Å². The number of aryl methyl sites for hydroxylation is 2. The Hall–Kier alpha value is -2.56. The van der Waals surface area contributed by atoms with Crippen molar-refractivity contribution in [3.05, 3.63) is 60.9 Å². The van der Waals surface area contributed by atoms with E-state index in [2.05, 4.69) is 36.9 Å². The second kappa shape index (κ2) is 6.06. The van der Waals surface area contributed by atoms with Crippen LogP contribution < -0.4 is 0 Å². The molecule has 2 aromatic heterocycles. The summed E-state index contributed by atoms with van der Waals surface area (Å²) in [5.41, 5.74) is 1.13. The summed E-state index contributed by atoms with van der Waals surface area (Å²) >= 11 is 0. The Kier molecular flexibility index (Phi) is 3.78. The average Bonchev–Trinajstić information content (AvgIpc) is 2.98. The molecule has 2 heterocycles. The first kappa shape index (κ1) is 12.5. The van der Waals surface area contributed by atoms with Gasteiger partial charge in [0.25, 0.3) is 0 Å². The zero-order valence-electron chi connectivity index (χ0n) is 11.1. The molecule has 0 saturated carbocycles. The Balaban J connectivity index is 1.66. The largest absolute Gasteiger partial charge is 0.331 e. The molecule has 0 saturated heterocycles. The van der Waals surface area contributed by atoms with Crippen LogP contribution in [0.25, 0.3) is 11.4 Å². The fourth-order valence-corrected chi connectivity index (χ4v) is 2.13. The van der Waals surface area contributed by atoms with E-state index in [4.69, 9.17) is 0 Å². The summed E-state index contributed by atoms with van der Waals surface area (Å²) in [6.07, 6.45) is 8.89. The van der Waals surface area contributed by atoms with Crippen molar-refractivity contribution >= 4 is 0 Å². The molecule has 20 heavy (non-hydrogen) atoms. The maximum atomic E-state index is 4.43. The van der Waals surface area contributed by atoms with Crippen molar-refractivity contribution in [3.8, 4) is 11.4 Å². The maximum absolute atomic E-state index is 4.43. The van der Waals surface area contributed by atoms with Gasteiger partial charge in [-0.25, -0.2) is 9.97 Å². The van der Waals surface area contributed by atoms with Gasteiger partial charge in [-0.2, -0.15) is 5.10 Å². The predicted molar refractivity (Wildman–Crippen MR) is 75.8 cm³/mol. The fourth-order valence-electron chi connectivity index (χ4n) is 2.13. The molecule has 0 radical (unpaired) electrons. The molecule has 0 aliphatic carbocycles. The quantitative estimate of drug-likeness (QED) is 0.710. The number of rotatable bonds is 5. The lowest BCUT2D eigenvalue weighted by atomic mass is 10.2.